The number of rotatable bonds is 6. The molecule has 3 heteroatoms. The van der Waals surface area contributed by atoms with Crippen molar-refractivity contribution in [1.82, 2.24) is 5.32 Å². The second-order valence-corrected chi connectivity index (χ2v) is 4.81. The van der Waals surface area contributed by atoms with Crippen molar-refractivity contribution in [3.8, 4) is 0 Å². The van der Waals surface area contributed by atoms with Crippen molar-refractivity contribution in [3.63, 3.8) is 0 Å². The summed E-state index contributed by atoms with van der Waals surface area (Å²) in [7, 11) is 0. The zero-order valence-corrected chi connectivity index (χ0v) is 9.43. The summed E-state index contributed by atoms with van der Waals surface area (Å²) in [6.45, 7) is 7.92. The van der Waals surface area contributed by atoms with Crippen LogP contribution in [0, 0.1) is 5.41 Å². The van der Waals surface area contributed by atoms with Gasteiger partial charge < -0.3 is 10.1 Å². The van der Waals surface area contributed by atoms with E-state index in [0.717, 1.165) is 13.0 Å². The number of nitrogens with one attached hydrogen (secondary N) is 1. The van der Waals surface area contributed by atoms with E-state index in [1.807, 2.05) is 0 Å². The van der Waals surface area contributed by atoms with Gasteiger partial charge in [-0.25, -0.2) is 0 Å². The van der Waals surface area contributed by atoms with Crippen LogP contribution in [0.15, 0.2) is 0 Å². The van der Waals surface area contributed by atoms with Gasteiger partial charge >= 0.3 is 0 Å². The molecule has 0 aromatic carbocycles. The Morgan fingerprint density at radius 2 is 2.21 bits per heavy atom. The maximum Gasteiger partial charge on any atom is 0.251 e. The van der Waals surface area contributed by atoms with Gasteiger partial charge in [-0.05, 0) is 11.8 Å². The smallest absolute Gasteiger partial charge is 0.251 e. The van der Waals surface area contributed by atoms with E-state index in [2.05, 4.69) is 26.1 Å². The van der Waals surface area contributed by atoms with Crippen LogP contribution in [0.4, 0.5) is 0 Å². The highest BCUT2D eigenvalue weighted by molar-refractivity contribution is 5.82. The molecule has 3 nitrogen and oxygen atoms in total. The maximum atomic E-state index is 11.3. The number of unbranched alkanes of at least 4 members (excludes halogenated alkanes) is 1. The van der Waals surface area contributed by atoms with Crippen LogP contribution in [-0.4, -0.2) is 25.2 Å². The largest absolute Gasteiger partial charge is 0.363 e. The second-order valence-electron chi connectivity index (χ2n) is 4.81. The van der Waals surface area contributed by atoms with E-state index >= 15 is 0 Å². The molecule has 0 aromatic rings. The molecular weight excluding hydrogens is 178 g/mol. The quantitative estimate of drug-likeness (QED) is 0.662. The van der Waals surface area contributed by atoms with Gasteiger partial charge in [-0.3, -0.25) is 4.79 Å². The Kier molecular flexibility index (Phi) is 3.93. The van der Waals surface area contributed by atoms with E-state index in [4.69, 9.17) is 4.74 Å². The average Bonchev–Trinajstić information content (AvgIpc) is 2.94. The Bertz CT molecular complexity index is 197. The molecule has 1 unspecified atom stereocenters. The number of ether oxygens (including phenoxy) is 1. The summed E-state index contributed by atoms with van der Waals surface area (Å²) < 4.78 is 4.90. The molecule has 0 aromatic heterocycles. The zero-order chi connectivity index (χ0) is 10.6. The monoisotopic (exact) mass is 199 g/mol. The van der Waals surface area contributed by atoms with Crippen molar-refractivity contribution in [2.45, 2.75) is 46.1 Å². The topological polar surface area (TPSA) is 41.6 Å². The summed E-state index contributed by atoms with van der Waals surface area (Å²) >= 11 is 0. The van der Waals surface area contributed by atoms with Crippen LogP contribution in [0.3, 0.4) is 0 Å². The van der Waals surface area contributed by atoms with Gasteiger partial charge in [0.05, 0.1) is 6.61 Å². The number of carbonyl (C=O) groups excluding carboxylic acids is 1. The van der Waals surface area contributed by atoms with E-state index in [1.54, 1.807) is 0 Å². The molecule has 0 aliphatic carbocycles. The Labute approximate surface area is 86.2 Å². The van der Waals surface area contributed by atoms with E-state index in [0.29, 0.717) is 6.61 Å². The predicted octanol–water partition coefficient (Wildman–Crippen LogP) is 1.72. The van der Waals surface area contributed by atoms with Gasteiger partial charge in [0.1, 0.15) is 0 Å². The van der Waals surface area contributed by atoms with Gasteiger partial charge in [0, 0.05) is 6.54 Å². The third-order valence-corrected chi connectivity index (χ3v) is 2.57. The SMILES string of the molecule is CCCCC(C)(C)CNC(=O)C1CO1. The Hall–Kier alpha value is -0.570. The van der Waals surface area contributed by atoms with Crippen LogP contribution in [0.25, 0.3) is 0 Å². The summed E-state index contributed by atoms with van der Waals surface area (Å²) in [4.78, 5) is 11.3. The van der Waals surface area contributed by atoms with Crippen molar-refractivity contribution in [1.29, 1.82) is 0 Å². The first kappa shape index (κ1) is 11.5. The third kappa shape index (κ3) is 4.09. The van der Waals surface area contributed by atoms with E-state index in [1.165, 1.54) is 12.8 Å². The maximum absolute atomic E-state index is 11.3. The molecule has 1 rings (SSSR count). The van der Waals surface area contributed by atoms with Crippen molar-refractivity contribution in [2.24, 2.45) is 5.41 Å². The molecule has 0 radical (unpaired) electrons. The van der Waals surface area contributed by atoms with Crippen LogP contribution in [0.1, 0.15) is 40.0 Å². The van der Waals surface area contributed by atoms with E-state index in [9.17, 15) is 4.79 Å². The molecule has 1 heterocycles. The molecule has 1 N–H and O–H groups in total. The highest BCUT2D eigenvalue weighted by Crippen LogP contribution is 2.22. The van der Waals surface area contributed by atoms with Crippen molar-refractivity contribution in [3.05, 3.63) is 0 Å². The number of hydrogen-bond acceptors (Lipinski definition) is 2. The average molecular weight is 199 g/mol. The Balaban J connectivity index is 2.16. The molecule has 0 spiro atoms. The molecule has 14 heavy (non-hydrogen) atoms. The Morgan fingerprint density at radius 3 is 2.71 bits per heavy atom. The molecule has 1 atom stereocenters. The molecule has 82 valence electrons. The number of hydrogen-bond donors (Lipinski definition) is 1. The summed E-state index contributed by atoms with van der Waals surface area (Å²) in [6.07, 6.45) is 3.44. The van der Waals surface area contributed by atoms with Crippen molar-refractivity contribution < 1.29 is 9.53 Å². The van der Waals surface area contributed by atoms with Crippen LogP contribution < -0.4 is 5.32 Å². The summed E-state index contributed by atoms with van der Waals surface area (Å²) in [6, 6.07) is 0. The molecule has 1 aliphatic rings. The molecule has 1 amide bonds. The van der Waals surface area contributed by atoms with Gasteiger partial charge in [0.15, 0.2) is 6.10 Å². The standard InChI is InChI=1S/C11H21NO2/c1-4-5-6-11(2,3)8-12-10(13)9-7-14-9/h9H,4-8H2,1-3H3,(H,12,13). The first-order chi connectivity index (χ1) is 6.55. The zero-order valence-electron chi connectivity index (χ0n) is 9.43. The summed E-state index contributed by atoms with van der Waals surface area (Å²) in [5.41, 5.74) is 0.209. The molecule has 0 saturated carbocycles. The highest BCUT2D eigenvalue weighted by atomic mass is 16.6. The first-order valence-electron chi connectivity index (χ1n) is 5.44. The molecule has 1 saturated heterocycles. The lowest BCUT2D eigenvalue weighted by atomic mass is 9.87. The fourth-order valence-corrected chi connectivity index (χ4v) is 1.38. The lowest BCUT2D eigenvalue weighted by Gasteiger charge is -2.24. The molecule has 1 fully saturated rings. The number of epoxide rings is 1. The van der Waals surface area contributed by atoms with Gasteiger partial charge in [-0.1, -0.05) is 33.6 Å². The third-order valence-electron chi connectivity index (χ3n) is 2.57. The van der Waals surface area contributed by atoms with Crippen LogP contribution in [0.5, 0.6) is 0 Å². The minimum atomic E-state index is -0.156. The van der Waals surface area contributed by atoms with Gasteiger partial charge in [-0.2, -0.15) is 0 Å². The fraction of sp³-hybridized carbons (Fsp3) is 0.909. The lowest BCUT2D eigenvalue weighted by Crippen LogP contribution is -2.36. The van der Waals surface area contributed by atoms with Gasteiger partial charge in [-0.15, -0.1) is 0 Å². The summed E-state index contributed by atoms with van der Waals surface area (Å²) in [5, 5.41) is 2.93. The minimum Gasteiger partial charge on any atom is -0.363 e. The van der Waals surface area contributed by atoms with E-state index < -0.39 is 0 Å². The molecule has 1 aliphatic heterocycles. The normalized spacial score (nSPS) is 20.6. The van der Waals surface area contributed by atoms with Crippen LogP contribution in [0.2, 0.25) is 0 Å². The minimum absolute atomic E-state index is 0.0505. The van der Waals surface area contributed by atoms with Gasteiger partial charge in [0.25, 0.3) is 5.91 Å². The predicted molar refractivity (Wildman–Crippen MR) is 56.1 cm³/mol. The molecule has 0 bridgehead atoms. The number of amides is 1. The first-order valence-corrected chi connectivity index (χ1v) is 5.44. The Morgan fingerprint density at radius 1 is 1.57 bits per heavy atom. The van der Waals surface area contributed by atoms with Crippen LogP contribution >= 0.6 is 0 Å². The van der Waals surface area contributed by atoms with Crippen LogP contribution in [-0.2, 0) is 9.53 Å². The lowest BCUT2D eigenvalue weighted by molar-refractivity contribution is -0.122. The molecular formula is C11H21NO2. The number of carbonyl (C=O) groups is 1. The second kappa shape index (κ2) is 4.78. The fourth-order valence-electron chi connectivity index (χ4n) is 1.38. The van der Waals surface area contributed by atoms with Crippen molar-refractivity contribution in [2.75, 3.05) is 13.2 Å². The van der Waals surface area contributed by atoms with Gasteiger partial charge in [0.2, 0.25) is 0 Å². The van der Waals surface area contributed by atoms with E-state index in [-0.39, 0.29) is 17.4 Å². The highest BCUT2D eigenvalue weighted by Gasteiger charge is 2.32. The van der Waals surface area contributed by atoms with Crippen molar-refractivity contribution >= 4 is 5.91 Å². The summed E-state index contributed by atoms with van der Waals surface area (Å²) in [5.74, 6) is 0.0505.